The summed E-state index contributed by atoms with van der Waals surface area (Å²) in [4.78, 5) is 4.67. The Hall–Kier alpha value is -0.730. The second kappa shape index (κ2) is 6.82. The number of alkyl halides is 1. The van der Waals surface area contributed by atoms with E-state index in [-0.39, 0.29) is 5.38 Å². The molecule has 1 aromatic heterocycles. The average Bonchev–Trinajstić information content (AvgIpc) is 2.77. The Labute approximate surface area is 131 Å². The maximum atomic E-state index is 6.31. The standard InChI is InChI=1S/C16H22Cl2N2/c1-4-5-6-7-11(2)20-15-10-13(18)8-9-14(15)19-16(20)12(3)17/h8-12H,4-7H2,1-3H3. The van der Waals surface area contributed by atoms with E-state index < -0.39 is 0 Å². The van der Waals surface area contributed by atoms with Crippen LogP contribution < -0.4 is 0 Å². The largest absolute Gasteiger partial charge is 0.324 e. The van der Waals surface area contributed by atoms with Crippen molar-refractivity contribution in [3.8, 4) is 0 Å². The molecule has 0 saturated carbocycles. The Bertz CT molecular complexity index is 575. The second-order valence-electron chi connectivity index (χ2n) is 5.43. The van der Waals surface area contributed by atoms with Gasteiger partial charge >= 0.3 is 0 Å². The van der Waals surface area contributed by atoms with E-state index in [1.54, 1.807) is 0 Å². The van der Waals surface area contributed by atoms with Gasteiger partial charge in [0.25, 0.3) is 0 Å². The monoisotopic (exact) mass is 312 g/mol. The first-order chi connectivity index (χ1) is 9.54. The zero-order valence-electron chi connectivity index (χ0n) is 12.4. The van der Waals surface area contributed by atoms with E-state index in [0.717, 1.165) is 28.3 Å². The van der Waals surface area contributed by atoms with Crippen LogP contribution in [0.5, 0.6) is 0 Å². The first kappa shape index (κ1) is 15.7. The van der Waals surface area contributed by atoms with Crippen molar-refractivity contribution in [2.45, 2.75) is 57.9 Å². The quantitative estimate of drug-likeness (QED) is 0.463. The fraction of sp³-hybridized carbons (Fsp3) is 0.562. The van der Waals surface area contributed by atoms with Gasteiger partial charge in [-0.25, -0.2) is 4.98 Å². The minimum Gasteiger partial charge on any atom is -0.324 e. The lowest BCUT2D eigenvalue weighted by Gasteiger charge is -2.18. The molecule has 1 heterocycles. The second-order valence-corrected chi connectivity index (χ2v) is 6.52. The summed E-state index contributed by atoms with van der Waals surface area (Å²) in [5.41, 5.74) is 2.06. The lowest BCUT2D eigenvalue weighted by atomic mass is 10.1. The molecule has 0 N–H and O–H groups in total. The van der Waals surface area contributed by atoms with E-state index in [1.807, 2.05) is 25.1 Å². The van der Waals surface area contributed by atoms with Gasteiger partial charge in [-0.3, -0.25) is 0 Å². The molecular formula is C16H22Cl2N2. The molecule has 20 heavy (non-hydrogen) atoms. The molecule has 0 bridgehead atoms. The van der Waals surface area contributed by atoms with Crippen molar-refractivity contribution in [2.75, 3.05) is 0 Å². The molecule has 0 saturated heterocycles. The number of nitrogens with zero attached hydrogens (tertiary/aromatic N) is 2. The third-order valence-electron chi connectivity index (χ3n) is 3.70. The Morgan fingerprint density at radius 3 is 2.65 bits per heavy atom. The van der Waals surface area contributed by atoms with Crippen molar-refractivity contribution in [1.29, 1.82) is 0 Å². The molecule has 2 aromatic rings. The Morgan fingerprint density at radius 2 is 2.00 bits per heavy atom. The summed E-state index contributed by atoms with van der Waals surface area (Å²) in [6.07, 6.45) is 4.88. The fourth-order valence-electron chi connectivity index (χ4n) is 2.65. The van der Waals surface area contributed by atoms with Crippen molar-refractivity contribution in [1.82, 2.24) is 9.55 Å². The van der Waals surface area contributed by atoms with Gasteiger partial charge in [-0.2, -0.15) is 0 Å². The number of rotatable bonds is 6. The van der Waals surface area contributed by atoms with Gasteiger partial charge < -0.3 is 4.57 Å². The van der Waals surface area contributed by atoms with Crippen LogP contribution in [0.4, 0.5) is 0 Å². The average molecular weight is 313 g/mol. The number of benzene rings is 1. The van der Waals surface area contributed by atoms with E-state index in [1.165, 1.54) is 19.3 Å². The van der Waals surface area contributed by atoms with Gasteiger partial charge in [0.1, 0.15) is 5.82 Å². The van der Waals surface area contributed by atoms with Gasteiger partial charge in [0, 0.05) is 11.1 Å². The molecule has 2 unspecified atom stereocenters. The van der Waals surface area contributed by atoms with Crippen molar-refractivity contribution < 1.29 is 0 Å². The molecule has 0 spiro atoms. The van der Waals surface area contributed by atoms with Crippen LogP contribution in [0.15, 0.2) is 18.2 Å². The van der Waals surface area contributed by atoms with Crippen LogP contribution in [0, 0.1) is 0 Å². The molecule has 110 valence electrons. The van der Waals surface area contributed by atoms with E-state index in [2.05, 4.69) is 23.4 Å². The third kappa shape index (κ3) is 3.29. The number of aromatic nitrogens is 2. The summed E-state index contributed by atoms with van der Waals surface area (Å²) in [5, 5.41) is 0.642. The number of hydrogen-bond acceptors (Lipinski definition) is 1. The summed E-state index contributed by atoms with van der Waals surface area (Å²) in [6.45, 7) is 6.43. The Morgan fingerprint density at radius 1 is 1.25 bits per heavy atom. The van der Waals surface area contributed by atoms with Gasteiger partial charge in [-0.1, -0.05) is 37.8 Å². The minimum absolute atomic E-state index is 0.102. The number of halogens is 2. The topological polar surface area (TPSA) is 17.8 Å². The molecule has 0 amide bonds. The van der Waals surface area contributed by atoms with E-state index in [9.17, 15) is 0 Å². The molecule has 0 radical (unpaired) electrons. The number of fused-ring (bicyclic) bond motifs is 1. The molecule has 0 fully saturated rings. The van der Waals surface area contributed by atoms with Crippen molar-refractivity contribution in [3.63, 3.8) is 0 Å². The summed E-state index contributed by atoms with van der Waals surface area (Å²) in [7, 11) is 0. The normalized spacial score (nSPS) is 14.7. The highest BCUT2D eigenvalue weighted by molar-refractivity contribution is 6.31. The van der Waals surface area contributed by atoms with Crippen LogP contribution in [0.2, 0.25) is 5.02 Å². The predicted octanol–water partition coefficient (Wildman–Crippen LogP) is 6.13. The first-order valence-corrected chi connectivity index (χ1v) is 8.17. The predicted molar refractivity (Wildman–Crippen MR) is 87.9 cm³/mol. The zero-order chi connectivity index (χ0) is 14.7. The molecule has 0 aliphatic carbocycles. The van der Waals surface area contributed by atoms with E-state index in [4.69, 9.17) is 23.2 Å². The van der Waals surface area contributed by atoms with Crippen LogP contribution in [0.3, 0.4) is 0 Å². The highest BCUT2D eigenvalue weighted by Crippen LogP contribution is 2.31. The molecule has 2 atom stereocenters. The van der Waals surface area contributed by atoms with Crippen molar-refractivity contribution >= 4 is 34.2 Å². The molecule has 1 aromatic carbocycles. The molecule has 2 nitrogen and oxygen atoms in total. The molecule has 0 aliphatic rings. The van der Waals surface area contributed by atoms with Gasteiger partial charge in [0.15, 0.2) is 0 Å². The number of unbranched alkanes of at least 4 members (excludes halogenated alkanes) is 2. The number of hydrogen-bond donors (Lipinski definition) is 0. The fourth-order valence-corrected chi connectivity index (χ4v) is 2.97. The van der Waals surface area contributed by atoms with Crippen LogP contribution in [-0.4, -0.2) is 9.55 Å². The smallest absolute Gasteiger partial charge is 0.127 e. The maximum absolute atomic E-state index is 6.31. The van der Waals surface area contributed by atoms with Gasteiger partial charge in [-0.15, -0.1) is 11.6 Å². The van der Waals surface area contributed by atoms with Crippen LogP contribution in [0.25, 0.3) is 11.0 Å². The summed E-state index contributed by atoms with van der Waals surface area (Å²) in [6, 6.07) is 6.23. The van der Waals surface area contributed by atoms with Crippen molar-refractivity contribution in [2.24, 2.45) is 0 Å². The zero-order valence-corrected chi connectivity index (χ0v) is 13.9. The SMILES string of the molecule is CCCCCC(C)n1c(C(C)Cl)nc2ccc(Cl)cc21. The van der Waals surface area contributed by atoms with Crippen LogP contribution in [-0.2, 0) is 0 Å². The molecule has 2 rings (SSSR count). The van der Waals surface area contributed by atoms with Gasteiger partial charge in [0.05, 0.1) is 16.4 Å². The first-order valence-electron chi connectivity index (χ1n) is 7.36. The minimum atomic E-state index is -0.102. The third-order valence-corrected chi connectivity index (χ3v) is 4.13. The van der Waals surface area contributed by atoms with Crippen molar-refractivity contribution in [3.05, 3.63) is 29.0 Å². The molecular weight excluding hydrogens is 291 g/mol. The number of imidazole rings is 1. The highest BCUT2D eigenvalue weighted by atomic mass is 35.5. The molecule has 4 heteroatoms. The van der Waals surface area contributed by atoms with Gasteiger partial charge in [-0.05, 0) is 38.5 Å². The van der Waals surface area contributed by atoms with Crippen LogP contribution >= 0.6 is 23.2 Å². The Kier molecular flexibility index (Phi) is 5.34. The highest BCUT2D eigenvalue weighted by Gasteiger charge is 2.19. The molecule has 0 aliphatic heterocycles. The summed E-state index contributed by atoms with van der Waals surface area (Å²) < 4.78 is 2.26. The Balaban J connectivity index is 2.42. The van der Waals surface area contributed by atoms with Gasteiger partial charge in [0.2, 0.25) is 0 Å². The maximum Gasteiger partial charge on any atom is 0.127 e. The lowest BCUT2D eigenvalue weighted by Crippen LogP contribution is -2.10. The van der Waals surface area contributed by atoms with Crippen LogP contribution in [0.1, 0.15) is 63.7 Å². The van der Waals surface area contributed by atoms with E-state index in [0.29, 0.717) is 6.04 Å². The summed E-state index contributed by atoms with van der Waals surface area (Å²) >= 11 is 12.4. The lowest BCUT2D eigenvalue weighted by molar-refractivity contribution is 0.472. The van der Waals surface area contributed by atoms with E-state index >= 15 is 0 Å². The summed E-state index contributed by atoms with van der Waals surface area (Å²) in [5.74, 6) is 0.938.